The SMILES string of the molecule is O=C(O)N1CCCCC1Nc1ccc(F)cc1Cc1ccc(C(F)(F)F)cc1. The first-order valence-corrected chi connectivity index (χ1v) is 8.95. The van der Waals surface area contributed by atoms with Gasteiger partial charge in [-0.2, -0.15) is 13.2 Å². The smallest absolute Gasteiger partial charge is 0.416 e. The molecular weight excluding hydrogens is 376 g/mol. The summed E-state index contributed by atoms with van der Waals surface area (Å²) in [6.07, 6.45) is -3.36. The number of rotatable bonds is 4. The predicted molar refractivity (Wildman–Crippen MR) is 96.6 cm³/mol. The Labute approximate surface area is 159 Å². The topological polar surface area (TPSA) is 52.6 Å². The number of carbonyl (C=O) groups is 1. The van der Waals surface area contributed by atoms with Crippen molar-refractivity contribution in [3.63, 3.8) is 0 Å². The minimum Gasteiger partial charge on any atom is -0.465 e. The third-order valence-corrected chi connectivity index (χ3v) is 4.81. The third-order valence-electron chi connectivity index (χ3n) is 4.81. The monoisotopic (exact) mass is 396 g/mol. The number of alkyl halides is 3. The molecule has 28 heavy (non-hydrogen) atoms. The van der Waals surface area contributed by atoms with Crippen LogP contribution in [0.1, 0.15) is 36.0 Å². The van der Waals surface area contributed by atoms with Crippen LogP contribution in [0.2, 0.25) is 0 Å². The first kappa shape index (κ1) is 20.0. The molecule has 8 heteroatoms. The zero-order valence-electron chi connectivity index (χ0n) is 15.0. The molecule has 2 aromatic rings. The second kappa shape index (κ2) is 8.08. The lowest BCUT2D eigenvalue weighted by Gasteiger charge is -2.35. The molecule has 0 bridgehead atoms. The second-order valence-corrected chi connectivity index (χ2v) is 6.80. The Kier molecular flexibility index (Phi) is 5.76. The molecule has 0 aromatic heterocycles. The number of hydrogen-bond acceptors (Lipinski definition) is 2. The van der Waals surface area contributed by atoms with E-state index in [1.165, 1.54) is 35.2 Å². The molecule has 1 unspecified atom stereocenters. The molecule has 1 atom stereocenters. The molecule has 1 aliphatic rings. The quantitative estimate of drug-likeness (QED) is 0.686. The van der Waals surface area contributed by atoms with E-state index in [2.05, 4.69) is 5.32 Å². The van der Waals surface area contributed by atoms with Crippen LogP contribution in [0.5, 0.6) is 0 Å². The Hall–Kier alpha value is -2.77. The molecule has 0 radical (unpaired) electrons. The van der Waals surface area contributed by atoms with Crippen molar-refractivity contribution in [1.29, 1.82) is 0 Å². The van der Waals surface area contributed by atoms with Crippen LogP contribution in [-0.4, -0.2) is 28.8 Å². The van der Waals surface area contributed by atoms with Crippen molar-refractivity contribution < 1.29 is 27.5 Å². The maximum Gasteiger partial charge on any atom is 0.416 e. The molecule has 0 aliphatic carbocycles. The van der Waals surface area contributed by atoms with Crippen molar-refractivity contribution in [1.82, 2.24) is 4.90 Å². The van der Waals surface area contributed by atoms with Gasteiger partial charge in [0, 0.05) is 12.2 Å². The highest BCUT2D eigenvalue weighted by molar-refractivity contribution is 5.66. The first-order valence-electron chi connectivity index (χ1n) is 8.95. The molecule has 150 valence electrons. The summed E-state index contributed by atoms with van der Waals surface area (Å²) in [4.78, 5) is 12.7. The van der Waals surface area contributed by atoms with Crippen molar-refractivity contribution >= 4 is 11.8 Å². The number of likely N-dealkylation sites (tertiary alicyclic amines) is 1. The number of amides is 1. The van der Waals surface area contributed by atoms with E-state index in [4.69, 9.17) is 0 Å². The standard InChI is InChI=1S/C20H20F4N2O2/c21-16-8-9-17(25-18-3-1-2-10-26(18)19(27)28)14(12-16)11-13-4-6-15(7-5-13)20(22,23)24/h4-9,12,18,25H,1-3,10-11H2,(H,27,28). The number of piperidine rings is 1. The first-order chi connectivity index (χ1) is 13.2. The van der Waals surface area contributed by atoms with Gasteiger partial charge >= 0.3 is 12.3 Å². The molecule has 0 spiro atoms. The fraction of sp³-hybridized carbons (Fsp3) is 0.350. The summed E-state index contributed by atoms with van der Waals surface area (Å²) in [6.45, 7) is 0.419. The number of carboxylic acid groups (broad SMARTS) is 1. The van der Waals surface area contributed by atoms with Gasteiger partial charge in [0.15, 0.2) is 0 Å². The van der Waals surface area contributed by atoms with Crippen LogP contribution in [0, 0.1) is 5.82 Å². The van der Waals surface area contributed by atoms with Crippen LogP contribution in [0.4, 0.5) is 28.0 Å². The lowest BCUT2D eigenvalue weighted by molar-refractivity contribution is -0.137. The Morgan fingerprint density at radius 3 is 2.50 bits per heavy atom. The van der Waals surface area contributed by atoms with Gasteiger partial charge in [0.2, 0.25) is 0 Å². The number of nitrogens with one attached hydrogen (secondary N) is 1. The molecule has 2 aromatic carbocycles. The average Bonchev–Trinajstić information content (AvgIpc) is 2.64. The fourth-order valence-corrected chi connectivity index (χ4v) is 3.37. The van der Waals surface area contributed by atoms with Crippen LogP contribution >= 0.6 is 0 Å². The van der Waals surface area contributed by atoms with E-state index in [-0.39, 0.29) is 6.42 Å². The van der Waals surface area contributed by atoms with Gasteiger partial charge in [0.05, 0.1) is 5.56 Å². The van der Waals surface area contributed by atoms with Crippen molar-refractivity contribution in [2.24, 2.45) is 0 Å². The normalized spacial score (nSPS) is 17.4. The zero-order valence-corrected chi connectivity index (χ0v) is 15.0. The summed E-state index contributed by atoms with van der Waals surface area (Å²) in [6, 6.07) is 8.83. The maximum absolute atomic E-state index is 13.8. The summed E-state index contributed by atoms with van der Waals surface area (Å²) in [5.74, 6) is -0.466. The minimum atomic E-state index is -4.41. The summed E-state index contributed by atoms with van der Waals surface area (Å²) in [5, 5.41) is 12.5. The number of halogens is 4. The van der Waals surface area contributed by atoms with E-state index >= 15 is 0 Å². The van der Waals surface area contributed by atoms with E-state index in [1.807, 2.05) is 0 Å². The van der Waals surface area contributed by atoms with Gasteiger partial charge in [-0.15, -0.1) is 0 Å². The van der Waals surface area contributed by atoms with Crippen molar-refractivity contribution in [2.45, 2.75) is 38.0 Å². The van der Waals surface area contributed by atoms with Gasteiger partial charge in [-0.25, -0.2) is 9.18 Å². The summed E-state index contributed by atoms with van der Waals surface area (Å²) in [5.41, 5.74) is 0.976. The van der Waals surface area contributed by atoms with E-state index in [9.17, 15) is 27.5 Å². The highest BCUT2D eigenvalue weighted by atomic mass is 19.4. The Morgan fingerprint density at radius 2 is 1.86 bits per heavy atom. The second-order valence-electron chi connectivity index (χ2n) is 6.80. The molecular formula is C20H20F4N2O2. The van der Waals surface area contributed by atoms with Crippen LogP contribution in [-0.2, 0) is 12.6 Å². The van der Waals surface area contributed by atoms with Gasteiger partial charge in [-0.3, -0.25) is 4.90 Å². The lowest BCUT2D eigenvalue weighted by Crippen LogP contribution is -2.47. The summed E-state index contributed by atoms with van der Waals surface area (Å²) in [7, 11) is 0. The number of nitrogens with zero attached hydrogens (tertiary/aromatic N) is 1. The van der Waals surface area contributed by atoms with Gasteiger partial charge in [-0.05, 0) is 67.1 Å². The molecule has 4 nitrogen and oxygen atoms in total. The molecule has 1 amide bonds. The maximum atomic E-state index is 13.8. The molecule has 1 heterocycles. The number of benzene rings is 2. The average molecular weight is 396 g/mol. The van der Waals surface area contributed by atoms with Crippen LogP contribution in [0.25, 0.3) is 0 Å². The molecule has 0 saturated carbocycles. The van der Waals surface area contributed by atoms with E-state index < -0.39 is 29.8 Å². The largest absolute Gasteiger partial charge is 0.465 e. The van der Waals surface area contributed by atoms with Crippen molar-refractivity contribution in [3.8, 4) is 0 Å². The van der Waals surface area contributed by atoms with Crippen LogP contribution in [0.3, 0.4) is 0 Å². The zero-order chi connectivity index (χ0) is 20.3. The summed E-state index contributed by atoms with van der Waals surface area (Å²) < 4.78 is 51.9. The molecule has 1 aliphatic heterocycles. The van der Waals surface area contributed by atoms with Crippen LogP contribution in [0.15, 0.2) is 42.5 Å². The number of anilines is 1. The van der Waals surface area contributed by atoms with E-state index in [0.29, 0.717) is 29.8 Å². The fourth-order valence-electron chi connectivity index (χ4n) is 3.37. The van der Waals surface area contributed by atoms with Crippen molar-refractivity contribution in [3.05, 3.63) is 65.0 Å². The molecule has 1 saturated heterocycles. The Bertz CT molecular complexity index is 837. The Balaban J connectivity index is 1.82. The van der Waals surface area contributed by atoms with Crippen molar-refractivity contribution in [2.75, 3.05) is 11.9 Å². The number of hydrogen-bond donors (Lipinski definition) is 2. The Morgan fingerprint density at radius 1 is 1.14 bits per heavy atom. The van der Waals surface area contributed by atoms with Gasteiger partial charge in [-0.1, -0.05) is 12.1 Å². The van der Waals surface area contributed by atoms with Gasteiger partial charge in [0.1, 0.15) is 12.0 Å². The van der Waals surface area contributed by atoms with Gasteiger partial charge < -0.3 is 10.4 Å². The highest BCUT2D eigenvalue weighted by Crippen LogP contribution is 2.30. The molecule has 3 rings (SSSR count). The minimum absolute atomic E-state index is 0.220. The predicted octanol–water partition coefficient (Wildman–Crippen LogP) is 5.34. The van der Waals surface area contributed by atoms with Crippen LogP contribution < -0.4 is 5.32 Å². The summed E-state index contributed by atoms with van der Waals surface area (Å²) >= 11 is 0. The lowest BCUT2D eigenvalue weighted by atomic mass is 10.0. The van der Waals surface area contributed by atoms with E-state index in [0.717, 1.165) is 25.0 Å². The molecule has 2 N–H and O–H groups in total. The van der Waals surface area contributed by atoms with Gasteiger partial charge in [0.25, 0.3) is 0 Å². The molecule has 1 fully saturated rings. The highest BCUT2D eigenvalue weighted by Gasteiger charge is 2.30. The third kappa shape index (κ3) is 4.74. The van der Waals surface area contributed by atoms with E-state index in [1.54, 1.807) is 0 Å².